The van der Waals surface area contributed by atoms with Gasteiger partial charge in [-0.2, -0.15) is 0 Å². The largest absolute Gasteiger partial charge is 0.271 e. The van der Waals surface area contributed by atoms with Gasteiger partial charge in [-0.25, -0.2) is 4.39 Å². The highest BCUT2D eigenvalue weighted by molar-refractivity contribution is 6.31. The molecular weight excluding hydrogens is 275 g/mol. The highest BCUT2D eigenvalue weighted by Crippen LogP contribution is 2.41. The van der Waals surface area contributed by atoms with Crippen LogP contribution in [0.3, 0.4) is 0 Å². The zero-order valence-corrected chi connectivity index (χ0v) is 11.7. The van der Waals surface area contributed by atoms with Crippen LogP contribution < -0.4 is 11.3 Å². The molecule has 20 heavy (non-hydrogen) atoms. The fraction of sp³-hybridized carbons (Fsp3) is 0.250. The first-order valence-corrected chi connectivity index (χ1v) is 7.05. The van der Waals surface area contributed by atoms with Gasteiger partial charge in [0.15, 0.2) is 0 Å². The summed E-state index contributed by atoms with van der Waals surface area (Å²) >= 11 is 6.11. The fourth-order valence-corrected chi connectivity index (χ4v) is 3.23. The number of rotatable bonds is 4. The third kappa shape index (κ3) is 2.44. The van der Waals surface area contributed by atoms with Crippen LogP contribution in [-0.2, 0) is 6.42 Å². The highest BCUT2D eigenvalue weighted by Gasteiger charge is 2.28. The summed E-state index contributed by atoms with van der Waals surface area (Å²) in [7, 11) is 0. The molecule has 0 aliphatic heterocycles. The Kier molecular flexibility index (Phi) is 3.74. The maximum atomic E-state index is 13.1. The lowest BCUT2D eigenvalue weighted by molar-refractivity contribution is 0.435. The second-order valence-corrected chi connectivity index (χ2v) is 5.63. The molecule has 0 bridgehead atoms. The van der Waals surface area contributed by atoms with E-state index in [0.717, 1.165) is 18.4 Å². The van der Waals surface area contributed by atoms with E-state index in [-0.39, 0.29) is 11.9 Å². The Bertz CT molecular complexity index is 630. The van der Waals surface area contributed by atoms with Gasteiger partial charge in [0.2, 0.25) is 0 Å². The summed E-state index contributed by atoms with van der Waals surface area (Å²) in [6.45, 7) is 0. The predicted octanol–water partition coefficient (Wildman–Crippen LogP) is 3.71. The molecule has 2 nitrogen and oxygen atoms in total. The zero-order chi connectivity index (χ0) is 14.1. The Morgan fingerprint density at radius 1 is 1.30 bits per heavy atom. The Hall–Kier alpha value is -1.42. The molecule has 0 spiro atoms. The van der Waals surface area contributed by atoms with Gasteiger partial charge in [-0.15, -0.1) is 0 Å². The van der Waals surface area contributed by atoms with Gasteiger partial charge in [-0.05, 0) is 47.6 Å². The van der Waals surface area contributed by atoms with Crippen molar-refractivity contribution >= 4 is 11.6 Å². The van der Waals surface area contributed by atoms with Gasteiger partial charge >= 0.3 is 0 Å². The molecule has 1 aliphatic rings. The van der Waals surface area contributed by atoms with Gasteiger partial charge < -0.3 is 0 Å². The van der Waals surface area contributed by atoms with Crippen LogP contribution in [0.4, 0.5) is 4.39 Å². The lowest BCUT2D eigenvalue weighted by Gasteiger charge is -2.33. The molecule has 104 valence electrons. The maximum absolute atomic E-state index is 13.1. The van der Waals surface area contributed by atoms with E-state index < -0.39 is 0 Å². The lowest BCUT2D eigenvalue weighted by atomic mass is 9.74. The Morgan fingerprint density at radius 3 is 2.80 bits per heavy atom. The molecule has 0 fully saturated rings. The number of hydrogen-bond donors (Lipinski definition) is 2. The van der Waals surface area contributed by atoms with E-state index in [0.29, 0.717) is 10.9 Å². The Balaban J connectivity index is 1.79. The average molecular weight is 291 g/mol. The summed E-state index contributed by atoms with van der Waals surface area (Å²) in [6, 6.07) is 12.8. The van der Waals surface area contributed by atoms with Crippen molar-refractivity contribution in [1.82, 2.24) is 5.43 Å². The van der Waals surface area contributed by atoms with E-state index in [9.17, 15) is 4.39 Å². The maximum Gasteiger partial charge on any atom is 0.124 e. The standard InChI is InChI=1S/C16H16ClFN2/c17-15-9-12(18)5-6-14(15)16(20-19)8-11-7-10-3-1-2-4-13(10)11/h1-6,9,11,16,20H,7-8,19H2. The molecule has 2 aromatic rings. The van der Waals surface area contributed by atoms with Crippen molar-refractivity contribution in [2.45, 2.75) is 24.8 Å². The topological polar surface area (TPSA) is 38.0 Å². The van der Waals surface area contributed by atoms with Gasteiger partial charge in [0, 0.05) is 11.1 Å². The number of halogens is 2. The first-order chi connectivity index (χ1) is 9.69. The van der Waals surface area contributed by atoms with Gasteiger partial charge in [0.05, 0.1) is 0 Å². The number of hydrogen-bond acceptors (Lipinski definition) is 2. The molecule has 2 unspecified atom stereocenters. The molecule has 0 heterocycles. The molecule has 1 aliphatic carbocycles. The van der Waals surface area contributed by atoms with E-state index in [1.54, 1.807) is 6.07 Å². The van der Waals surface area contributed by atoms with Gasteiger partial charge in [0.1, 0.15) is 5.82 Å². The predicted molar refractivity (Wildman–Crippen MR) is 79.0 cm³/mol. The van der Waals surface area contributed by atoms with Crippen LogP contribution in [0.5, 0.6) is 0 Å². The van der Waals surface area contributed by atoms with E-state index in [2.05, 4.69) is 29.7 Å². The molecular formula is C16H16ClFN2. The quantitative estimate of drug-likeness (QED) is 0.665. The number of hydrazine groups is 1. The molecule has 4 heteroatoms. The van der Waals surface area contributed by atoms with Crippen molar-refractivity contribution in [2.24, 2.45) is 5.84 Å². The van der Waals surface area contributed by atoms with E-state index in [4.69, 9.17) is 17.4 Å². The van der Waals surface area contributed by atoms with Crippen LogP contribution in [0.15, 0.2) is 42.5 Å². The molecule has 0 amide bonds. The number of benzene rings is 2. The number of nitrogens with one attached hydrogen (secondary N) is 1. The lowest BCUT2D eigenvalue weighted by Crippen LogP contribution is -2.31. The molecule has 3 N–H and O–H groups in total. The SMILES string of the molecule is NNC(CC1Cc2ccccc21)c1ccc(F)cc1Cl. The highest BCUT2D eigenvalue weighted by atomic mass is 35.5. The van der Waals surface area contributed by atoms with Crippen LogP contribution in [-0.4, -0.2) is 0 Å². The summed E-state index contributed by atoms with van der Waals surface area (Å²) < 4.78 is 13.1. The van der Waals surface area contributed by atoms with Crippen molar-refractivity contribution in [3.63, 3.8) is 0 Å². The van der Waals surface area contributed by atoms with Crippen molar-refractivity contribution in [2.75, 3.05) is 0 Å². The van der Waals surface area contributed by atoms with Crippen molar-refractivity contribution in [3.8, 4) is 0 Å². The fourth-order valence-electron chi connectivity index (χ4n) is 2.93. The number of nitrogens with two attached hydrogens (primary N) is 1. The first-order valence-electron chi connectivity index (χ1n) is 6.68. The number of fused-ring (bicyclic) bond motifs is 1. The monoisotopic (exact) mass is 290 g/mol. The van der Waals surface area contributed by atoms with Gasteiger partial charge in [-0.1, -0.05) is 41.9 Å². The Morgan fingerprint density at radius 2 is 2.10 bits per heavy atom. The van der Waals surface area contributed by atoms with Gasteiger partial charge in [0.25, 0.3) is 0 Å². The summed E-state index contributed by atoms with van der Waals surface area (Å²) in [6.07, 6.45) is 1.92. The summed E-state index contributed by atoms with van der Waals surface area (Å²) in [5.74, 6) is 5.81. The molecule has 2 atom stereocenters. The van der Waals surface area contributed by atoms with Gasteiger partial charge in [-0.3, -0.25) is 11.3 Å². The molecule has 2 aromatic carbocycles. The second kappa shape index (κ2) is 5.52. The van der Waals surface area contributed by atoms with Crippen LogP contribution >= 0.6 is 11.6 Å². The Labute approximate surface area is 122 Å². The van der Waals surface area contributed by atoms with Crippen molar-refractivity contribution in [3.05, 3.63) is 70.0 Å². The van der Waals surface area contributed by atoms with E-state index in [1.807, 2.05) is 0 Å². The van der Waals surface area contributed by atoms with Crippen LogP contribution in [0.2, 0.25) is 5.02 Å². The molecule has 0 radical (unpaired) electrons. The normalized spacial score (nSPS) is 18.2. The molecule has 0 aromatic heterocycles. The molecule has 3 rings (SSSR count). The smallest absolute Gasteiger partial charge is 0.124 e. The minimum Gasteiger partial charge on any atom is -0.271 e. The van der Waals surface area contributed by atoms with E-state index in [1.165, 1.54) is 23.3 Å². The van der Waals surface area contributed by atoms with Crippen LogP contribution in [0, 0.1) is 5.82 Å². The second-order valence-electron chi connectivity index (χ2n) is 5.22. The minimum absolute atomic E-state index is 0.0681. The van der Waals surface area contributed by atoms with Crippen LogP contribution in [0.25, 0.3) is 0 Å². The zero-order valence-electron chi connectivity index (χ0n) is 10.9. The minimum atomic E-state index is -0.330. The summed E-state index contributed by atoms with van der Waals surface area (Å²) in [5, 5.41) is 0.417. The molecule has 0 saturated heterocycles. The van der Waals surface area contributed by atoms with Crippen molar-refractivity contribution in [1.29, 1.82) is 0 Å². The third-order valence-corrected chi connectivity index (χ3v) is 4.35. The third-order valence-electron chi connectivity index (χ3n) is 4.02. The molecule has 0 saturated carbocycles. The van der Waals surface area contributed by atoms with E-state index >= 15 is 0 Å². The summed E-state index contributed by atoms with van der Waals surface area (Å²) in [5.41, 5.74) is 6.43. The summed E-state index contributed by atoms with van der Waals surface area (Å²) in [4.78, 5) is 0. The average Bonchev–Trinajstić information content (AvgIpc) is 2.41. The first kappa shape index (κ1) is 13.6. The van der Waals surface area contributed by atoms with Crippen molar-refractivity contribution < 1.29 is 4.39 Å². The van der Waals surface area contributed by atoms with Crippen LogP contribution in [0.1, 0.15) is 35.1 Å².